The Kier molecular flexibility index (Phi) is 15.0. The zero-order valence-corrected chi connectivity index (χ0v) is 23.0. The fraction of sp³-hybridized carbons (Fsp3) is 0.357. The largest absolute Gasteiger partial charge is 0.416 e. The average Bonchev–Trinajstić information content (AvgIpc) is 2.95. The van der Waals surface area contributed by atoms with Gasteiger partial charge in [-0.25, -0.2) is 0 Å². The van der Waals surface area contributed by atoms with E-state index in [1.165, 1.54) is 17.0 Å². The van der Waals surface area contributed by atoms with Gasteiger partial charge in [0.25, 0.3) is 0 Å². The number of nitrogens with zero attached hydrogens (tertiary/aromatic N) is 2. The van der Waals surface area contributed by atoms with Crippen LogP contribution in [0.3, 0.4) is 0 Å². The minimum Gasteiger partial charge on any atom is -0.346 e. The van der Waals surface area contributed by atoms with Gasteiger partial charge < -0.3 is 32.7 Å². The van der Waals surface area contributed by atoms with Crippen molar-refractivity contribution in [1.82, 2.24) is 10.2 Å². The van der Waals surface area contributed by atoms with E-state index in [1.807, 2.05) is 6.92 Å². The van der Waals surface area contributed by atoms with E-state index in [0.29, 0.717) is 30.0 Å². The van der Waals surface area contributed by atoms with Crippen molar-refractivity contribution in [3.8, 4) is 0 Å². The van der Waals surface area contributed by atoms with Gasteiger partial charge in [0.2, 0.25) is 17.7 Å². The van der Waals surface area contributed by atoms with Gasteiger partial charge in [-0.15, -0.1) is 0 Å². The highest BCUT2D eigenvalue weighted by Crippen LogP contribution is 2.29. The van der Waals surface area contributed by atoms with E-state index in [9.17, 15) is 27.6 Å². The first kappa shape index (κ1) is 35.0. The maximum Gasteiger partial charge on any atom is 0.416 e. The fourth-order valence-electron chi connectivity index (χ4n) is 3.46. The predicted molar refractivity (Wildman–Crippen MR) is 155 cm³/mol. The van der Waals surface area contributed by atoms with Crippen LogP contribution in [0.4, 0.5) is 24.5 Å². The van der Waals surface area contributed by atoms with Gasteiger partial charge >= 0.3 is 6.18 Å². The third-order valence-electron chi connectivity index (χ3n) is 5.70. The van der Waals surface area contributed by atoms with Crippen molar-refractivity contribution >= 4 is 41.9 Å². The number of amides is 3. The summed E-state index contributed by atoms with van der Waals surface area (Å²) in [6.45, 7) is 9.99. The van der Waals surface area contributed by atoms with Gasteiger partial charge in [-0.2, -0.15) is 13.2 Å². The first-order chi connectivity index (χ1) is 19.4. The van der Waals surface area contributed by atoms with Crippen molar-refractivity contribution in [1.29, 1.82) is 0 Å². The number of aliphatic imine (C=N–C) groups is 1. The second-order valence-corrected chi connectivity index (χ2v) is 8.72. The first-order valence-corrected chi connectivity index (χ1v) is 12.8. The Hall–Kier alpha value is -4.07. The van der Waals surface area contributed by atoms with Crippen molar-refractivity contribution in [2.24, 2.45) is 22.2 Å². The molecule has 0 aliphatic carbocycles. The van der Waals surface area contributed by atoms with Crippen LogP contribution in [0.25, 0.3) is 6.08 Å². The van der Waals surface area contributed by atoms with Crippen LogP contribution in [0.15, 0.2) is 54.0 Å². The molecule has 0 radical (unpaired) electrons. The smallest absolute Gasteiger partial charge is 0.346 e. The molecule has 224 valence electrons. The van der Waals surface area contributed by atoms with Gasteiger partial charge in [0.1, 0.15) is 0 Å². The van der Waals surface area contributed by atoms with Crippen LogP contribution in [0, 0.1) is 0 Å². The summed E-state index contributed by atoms with van der Waals surface area (Å²) in [6.07, 6.45) is -2.06. The van der Waals surface area contributed by atoms with E-state index in [1.54, 1.807) is 24.3 Å². The van der Waals surface area contributed by atoms with E-state index < -0.39 is 29.6 Å². The Balaban J connectivity index is 0.000000580. The van der Waals surface area contributed by atoms with Crippen molar-refractivity contribution in [3.05, 3.63) is 65.7 Å². The number of nitrogens with two attached hydrogens (primary N) is 3. The number of hydrogen-bond donors (Lipinski definition) is 5. The zero-order chi connectivity index (χ0) is 31.0. The standard InChI is InChI=1S/C19H29N7O3.C9H9F3/c1-3-13-10-14(4-5-16(13)23-2)25-17(27)12-24-19(29)15(22)11-18(28)26(8-6-20)9-7-21;1-2-7-3-5-8(6-4-7)9(10,11)12/h3-5,10,15H,1-2,6-9,11-12,20-22H2,(H,24,29)(H,25,27);3-6H,2H2,1H3. The molecule has 0 heterocycles. The van der Waals surface area contributed by atoms with Crippen LogP contribution < -0.4 is 27.8 Å². The van der Waals surface area contributed by atoms with Crippen LogP contribution in [0.1, 0.15) is 30.0 Å². The van der Waals surface area contributed by atoms with Gasteiger partial charge in [0.05, 0.1) is 30.3 Å². The molecule has 10 nitrogen and oxygen atoms in total. The molecular formula is C28H38F3N7O3. The zero-order valence-electron chi connectivity index (χ0n) is 23.0. The monoisotopic (exact) mass is 577 g/mol. The van der Waals surface area contributed by atoms with E-state index in [2.05, 4.69) is 28.9 Å². The summed E-state index contributed by atoms with van der Waals surface area (Å²) in [5, 5.41) is 5.06. The summed E-state index contributed by atoms with van der Waals surface area (Å²) >= 11 is 0. The highest BCUT2D eigenvalue weighted by atomic mass is 19.4. The predicted octanol–water partition coefficient (Wildman–Crippen LogP) is 2.45. The van der Waals surface area contributed by atoms with Crippen LogP contribution in [0.5, 0.6) is 0 Å². The molecule has 0 aliphatic rings. The highest BCUT2D eigenvalue weighted by Gasteiger charge is 2.29. The molecule has 3 amide bonds. The van der Waals surface area contributed by atoms with Crippen LogP contribution >= 0.6 is 0 Å². The number of benzene rings is 2. The molecule has 1 unspecified atom stereocenters. The molecule has 1 atom stereocenters. The lowest BCUT2D eigenvalue weighted by Gasteiger charge is -2.22. The number of alkyl halides is 3. The van der Waals surface area contributed by atoms with Crippen molar-refractivity contribution in [2.45, 2.75) is 32.0 Å². The summed E-state index contributed by atoms with van der Waals surface area (Å²) < 4.78 is 36.1. The van der Waals surface area contributed by atoms with Gasteiger partial charge in [0.15, 0.2) is 0 Å². The summed E-state index contributed by atoms with van der Waals surface area (Å²) in [6, 6.07) is 9.17. The molecule has 41 heavy (non-hydrogen) atoms. The number of hydrogen-bond acceptors (Lipinski definition) is 7. The van der Waals surface area contributed by atoms with Crippen molar-refractivity contribution < 1.29 is 27.6 Å². The SMILES string of the molecule is C=Cc1cc(NC(=O)CNC(=O)C(N)CC(=O)N(CCN)CCN)ccc1N=C.CCc1ccc(C(F)(F)F)cc1. The number of rotatable bonds is 13. The third-order valence-corrected chi connectivity index (χ3v) is 5.70. The molecule has 0 saturated carbocycles. The number of carbonyl (C=O) groups excluding carboxylic acids is 3. The lowest BCUT2D eigenvalue weighted by molar-refractivity contribution is -0.137. The van der Waals surface area contributed by atoms with E-state index in [4.69, 9.17) is 17.2 Å². The molecule has 0 aliphatic heterocycles. The summed E-state index contributed by atoms with van der Waals surface area (Å²) in [5.41, 5.74) is 18.9. The number of nitrogens with one attached hydrogen (secondary N) is 2. The van der Waals surface area contributed by atoms with Crippen molar-refractivity contribution in [2.75, 3.05) is 38.0 Å². The molecule has 0 fully saturated rings. The number of aryl methyl sites for hydroxylation is 1. The summed E-state index contributed by atoms with van der Waals surface area (Å²) in [7, 11) is 0. The molecule has 2 aromatic carbocycles. The van der Waals surface area contributed by atoms with E-state index in [0.717, 1.165) is 24.1 Å². The second-order valence-electron chi connectivity index (χ2n) is 8.72. The normalized spacial score (nSPS) is 11.4. The number of anilines is 1. The minimum absolute atomic E-state index is 0.202. The Morgan fingerprint density at radius 3 is 2.17 bits per heavy atom. The molecule has 2 rings (SSSR count). The first-order valence-electron chi connectivity index (χ1n) is 12.8. The Morgan fingerprint density at radius 1 is 1.07 bits per heavy atom. The third kappa shape index (κ3) is 12.3. The summed E-state index contributed by atoms with van der Waals surface area (Å²) in [4.78, 5) is 41.6. The topological polar surface area (TPSA) is 169 Å². The maximum absolute atomic E-state index is 12.2. The van der Waals surface area contributed by atoms with E-state index >= 15 is 0 Å². The average molecular weight is 578 g/mol. The second kappa shape index (κ2) is 17.6. The van der Waals surface area contributed by atoms with Gasteiger partial charge in [0, 0.05) is 37.4 Å². The molecular weight excluding hydrogens is 539 g/mol. The van der Waals surface area contributed by atoms with Gasteiger partial charge in [-0.3, -0.25) is 19.4 Å². The Labute approximate surface area is 237 Å². The van der Waals surface area contributed by atoms with Gasteiger partial charge in [-0.05, 0) is 49.0 Å². The van der Waals surface area contributed by atoms with Crippen LogP contribution in [0.2, 0.25) is 0 Å². The summed E-state index contributed by atoms with van der Waals surface area (Å²) in [5.74, 6) is -1.37. The molecule has 0 bridgehead atoms. The molecule has 8 N–H and O–H groups in total. The molecule has 0 saturated heterocycles. The fourth-order valence-corrected chi connectivity index (χ4v) is 3.46. The number of halogens is 3. The lowest BCUT2D eigenvalue weighted by atomic mass is 10.1. The molecule has 0 aromatic heterocycles. The van der Waals surface area contributed by atoms with Crippen LogP contribution in [-0.4, -0.2) is 68.1 Å². The molecule has 2 aromatic rings. The lowest BCUT2D eigenvalue weighted by Crippen LogP contribution is -2.47. The van der Waals surface area contributed by atoms with Crippen LogP contribution in [-0.2, 0) is 27.0 Å². The quantitative estimate of drug-likeness (QED) is 0.229. The van der Waals surface area contributed by atoms with Crippen molar-refractivity contribution in [3.63, 3.8) is 0 Å². The minimum atomic E-state index is -4.22. The van der Waals surface area contributed by atoms with Gasteiger partial charge in [-0.1, -0.05) is 31.7 Å². The number of carbonyl (C=O) groups is 3. The van der Waals surface area contributed by atoms with E-state index in [-0.39, 0.29) is 32.0 Å². The molecule has 0 spiro atoms. The Morgan fingerprint density at radius 2 is 1.68 bits per heavy atom. The maximum atomic E-state index is 12.2. The molecule has 13 heteroatoms. The Bertz CT molecular complexity index is 1170. The highest BCUT2D eigenvalue weighted by molar-refractivity contribution is 5.96.